The lowest BCUT2D eigenvalue weighted by atomic mass is 9.98. The number of rotatable bonds is 4. The van der Waals surface area contributed by atoms with Gasteiger partial charge in [-0.05, 0) is 61.2 Å². The molecule has 1 aliphatic rings. The summed E-state index contributed by atoms with van der Waals surface area (Å²) in [5.74, 6) is 0.190. The summed E-state index contributed by atoms with van der Waals surface area (Å²) in [5.41, 5.74) is 2.24. The van der Waals surface area contributed by atoms with Gasteiger partial charge in [-0.3, -0.25) is 14.4 Å². The Morgan fingerprint density at radius 2 is 1.46 bits per heavy atom. The number of nitrogens with one attached hydrogen (secondary N) is 2. The van der Waals surface area contributed by atoms with Crippen molar-refractivity contribution in [3.63, 3.8) is 0 Å². The highest BCUT2D eigenvalue weighted by Crippen LogP contribution is 2.19. The monoisotopic (exact) mass is 379 g/mol. The number of anilines is 2. The first kappa shape index (κ1) is 19.6. The molecule has 28 heavy (non-hydrogen) atoms. The van der Waals surface area contributed by atoms with Gasteiger partial charge in [-0.2, -0.15) is 0 Å². The fourth-order valence-electron chi connectivity index (χ4n) is 3.23. The van der Waals surface area contributed by atoms with E-state index in [1.54, 1.807) is 48.5 Å². The maximum Gasteiger partial charge on any atom is 0.255 e. The second kappa shape index (κ2) is 8.69. The number of benzene rings is 2. The third-order valence-corrected chi connectivity index (χ3v) is 4.91. The summed E-state index contributed by atoms with van der Waals surface area (Å²) in [5, 5.41) is 5.49. The normalized spacial score (nSPS) is 14.4. The van der Waals surface area contributed by atoms with Crippen LogP contribution < -0.4 is 10.6 Å². The number of carbonyl (C=O) groups excluding carboxylic acids is 3. The highest BCUT2D eigenvalue weighted by atomic mass is 16.2. The predicted octanol–water partition coefficient (Wildman–Crippen LogP) is 3.77. The largest absolute Gasteiger partial charge is 0.339 e. The van der Waals surface area contributed by atoms with E-state index < -0.39 is 0 Å². The van der Waals surface area contributed by atoms with Gasteiger partial charge in [-0.15, -0.1) is 0 Å². The maximum absolute atomic E-state index is 12.7. The molecule has 2 aromatic rings. The van der Waals surface area contributed by atoms with E-state index in [1.165, 1.54) is 6.92 Å². The van der Waals surface area contributed by atoms with E-state index >= 15 is 0 Å². The molecule has 0 radical (unpaired) electrons. The van der Waals surface area contributed by atoms with E-state index in [2.05, 4.69) is 17.6 Å². The van der Waals surface area contributed by atoms with E-state index in [1.807, 2.05) is 4.90 Å². The molecule has 1 fully saturated rings. The molecule has 6 heteroatoms. The van der Waals surface area contributed by atoms with Crippen molar-refractivity contribution in [2.45, 2.75) is 26.7 Å². The second-order valence-electron chi connectivity index (χ2n) is 7.27. The highest BCUT2D eigenvalue weighted by molar-refractivity contribution is 6.06. The van der Waals surface area contributed by atoms with Crippen LogP contribution in [-0.4, -0.2) is 35.7 Å². The zero-order valence-corrected chi connectivity index (χ0v) is 16.2. The number of hydrogen-bond donors (Lipinski definition) is 2. The van der Waals surface area contributed by atoms with E-state index in [0.29, 0.717) is 28.4 Å². The van der Waals surface area contributed by atoms with Gasteiger partial charge >= 0.3 is 0 Å². The summed E-state index contributed by atoms with van der Waals surface area (Å²) in [4.78, 5) is 38.2. The fraction of sp³-hybridized carbons (Fsp3) is 0.318. The van der Waals surface area contributed by atoms with Crippen LogP contribution >= 0.6 is 0 Å². The maximum atomic E-state index is 12.7. The first-order valence-corrected chi connectivity index (χ1v) is 9.51. The van der Waals surface area contributed by atoms with Gasteiger partial charge in [0.1, 0.15) is 0 Å². The Bertz CT molecular complexity index is 869. The summed E-state index contributed by atoms with van der Waals surface area (Å²) in [6, 6.07) is 13.7. The third-order valence-electron chi connectivity index (χ3n) is 4.91. The second-order valence-corrected chi connectivity index (χ2v) is 7.27. The molecule has 3 rings (SSSR count). The van der Waals surface area contributed by atoms with Crippen LogP contribution in [0.2, 0.25) is 0 Å². The van der Waals surface area contributed by atoms with Crippen LogP contribution in [0.15, 0.2) is 48.5 Å². The molecule has 1 heterocycles. The number of carbonyl (C=O) groups is 3. The Morgan fingerprint density at radius 3 is 2.07 bits per heavy atom. The Balaban J connectivity index is 1.66. The number of likely N-dealkylation sites (tertiary alicyclic amines) is 1. The van der Waals surface area contributed by atoms with Crippen molar-refractivity contribution < 1.29 is 14.4 Å². The van der Waals surface area contributed by atoms with E-state index in [9.17, 15) is 14.4 Å². The predicted molar refractivity (Wildman–Crippen MR) is 109 cm³/mol. The standard InChI is InChI=1S/C22H25N3O3/c1-15-10-12-25(13-11-15)22(28)18-5-3-4-17(14-18)21(27)24-20-8-6-19(7-9-20)23-16(2)26/h3-9,14-15H,10-13H2,1-2H3,(H,23,26)(H,24,27). The van der Waals surface area contributed by atoms with E-state index in [0.717, 1.165) is 25.9 Å². The van der Waals surface area contributed by atoms with Crippen LogP contribution in [0.3, 0.4) is 0 Å². The molecular weight excluding hydrogens is 354 g/mol. The van der Waals surface area contributed by atoms with Crippen LogP contribution in [0.4, 0.5) is 11.4 Å². The van der Waals surface area contributed by atoms with E-state index in [-0.39, 0.29) is 17.7 Å². The molecule has 1 saturated heterocycles. The van der Waals surface area contributed by atoms with Crippen LogP contribution in [0.5, 0.6) is 0 Å². The molecule has 2 aromatic carbocycles. The zero-order chi connectivity index (χ0) is 20.1. The average molecular weight is 379 g/mol. The number of amides is 3. The number of hydrogen-bond acceptors (Lipinski definition) is 3. The quantitative estimate of drug-likeness (QED) is 0.849. The molecule has 0 bridgehead atoms. The first-order valence-electron chi connectivity index (χ1n) is 9.51. The molecule has 0 saturated carbocycles. The molecule has 0 spiro atoms. The molecule has 0 aromatic heterocycles. The molecule has 6 nitrogen and oxygen atoms in total. The van der Waals surface area contributed by atoms with Crippen molar-refractivity contribution in [3.8, 4) is 0 Å². The fourth-order valence-corrected chi connectivity index (χ4v) is 3.23. The van der Waals surface area contributed by atoms with Crippen LogP contribution in [0, 0.1) is 5.92 Å². The SMILES string of the molecule is CC(=O)Nc1ccc(NC(=O)c2cccc(C(=O)N3CCC(C)CC3)c2)cc1. The molecule has 2 N–H and O–H groups in total. The Kier molecular flexibility index (Phi) is 6.09. The first-order chi connectivity index (χ1) is 13.4. The van der Waals surface area contributed by atoms with Gasteiger partial charge in [0.2, 0.25) is 5.91 Å². The van der Waals surface area contributed by atoms with Gasteiger partial charge in [-0.1, -0.05) is 13.0 Å². The van der Waals surface area contributed by atoms with Crippen LogP contribution in [-0.2, 0) is 4.79 Å². The van der Waals surface area contributed by atoms with Gasteiger partial charge in [0.05, 0.1) is 0 Å². The molecular formula is C22H25N3O3. The average Bonchev–Trinajstić information content (AvgIpc) is 2.69. The van der Waals surface area contributed by atoms with Gasteiger partial charge in [-0.25, -0.2) is 0 Å². The minimum absolute atomic E-state index is 0.0267. The molecule has 3 amide bonds. The van der Waals surface area contributed by atoms with Crippen molar-refractivity contribution in [1.29, 1.82) is 0 Å². The van der Waals surface area contributed by atoms with Gasteiger partial charge in [0, 0.05) is 42.5 Å². The number of piperidine rings is 1. The van der Waals surface area contributed by atoms with Crippen molar-refractivity contribution in [2.24, 2.45) is 5.92 Å². The van der Waals surface area contributed by atoms with E-state index in [4.69, 9.17) is 0 Å². The van der Waals surface area contributed by atoms with Crippen molar-refractivity contribution >= 4 is 29.1 Å². The minimum atomic E-state index is -0.283. The zero-order valence-electron chi connectivity index (χ0n) is 16.2. The minimum Gasteiger partial charge on any atom is -0.339 e. The third kappa shape index (κ3) is 4.97. The summed E-state index contributed by atoms with van der Waals surface area (Å²) >= 11 is 0. The van der Waals surface area contributed by atoms with Crippen molar-refractivity contribution in [1.82, 2.24) is 4.90 Å². The van der Waals surface area contributed by atoms with Gasteiger partial charge in [0.15, 0.2) is 0 Å². The summed E-state index contributed by atoms with van der Waals surface area (Å²) in [6.45, 7) is 5.16. The summed E-state index contributed by atoms with van der Waals surface area (Å²) in [7, 11) is 0. The Morgan fingerprint density at radius 1 is 0.893 bits per heavy atom. The van der Waals surface area contributed by atoms with Crippen LogP contribution in [0.1, 0.15) is 47.4 Å². The lowest BCUT2D eigenvalue weighted by molar-refractivity contribution is -0.114. The molecule has 146 valence electrons. The summed E-state index contributed by atoms with van der Waals surface area (Å²) in [6.07, 6.45) is 2.03. The van der Waals surface area contributed by atoms with Crippen LogP contribution in [0.25, 0.3) is 0 Å². The molecule has 0 unspecified atom stereocenters. The summed E-state index contributed by atoms with van der Waals surface area (Å²) < 4.78 is 0. The lowest BCUT2D eigenvalue weighted by Crippen LogP contribution is -2.38. The van der Waals surface area contributed by atoms with Crippen molar-refractivity contribution in [3.05, 3.63) is 59.7 Å². The Hall–Kier alpha value is -3.15. The molecule has 1 aliphatic heterocycles. The highest BCUT2D eigenvalue weighted by Gasteiger charge is 2.22. The van der Waals surface area contributed by atoms with Gasteiger partial charge in [0.25, 0.3) is 11.8 Å². The molecule has 0 atom stereocenters. The smallest absolute Gasteiger partial charge is 0.255 e. The number of nitrogens with zero attached hydrogens (tertiary/aromatic N) is 1. The topological polar surface area (TPSA) is 78.5 Å². The van der Waals surface area contributed by atoms with Gasteiger partial charge < -0.3 is 15.5 Å². The Labute approximate surface area is 164 Å². The van der Waals surface area contributed by atoms with Crippen molar-refractivity contribution in [2.75, 3.05) is 23.7 Å². The lowest BCUT2D eigenvalue weighted by Gasteiger charge is -2.30. The molecule has 0 aliphatic carbocycles.